The molecule has 2 nitrogen and oxygen atoms in total. The van der Waals surface area contributed by atoms with Crippen molar-refractivity contribution < 1.29 is 4.79 Å². The van der Waals surface area contributed by atoms with Gasteiger partial charge in [-0.1, -0.05) is 18.2 Å². The Kier molecular flexibility index (Phi) is 1.17. The maximum absolute atomic E-state index is 10.9. The lowest BCUT2D eigenvalue weighted by Gasteiger charge is -2.11. The van der Waals surface area contributed by atoms with Gasteiger partial charge in [-0.05, 0) is 24.5 Å². The standard InChI is InChI=1S/C11H11NO/c13-7-10-11(5-6-11)8-3-1-2-4-9(8)12-10/h1-4,7,10,12H,5-6H2. The van der Waals surface area contributed by atoms with E-state index in [4.69, 9.17) is 0 Å². The van der Waals surface area contributed by atoms with E-state index in [0.717, 1.165) is 24.8 Å². The molecule has 2 aliphatic rings. The summed E-state index contributed by atoms with van der Waals surface area (Å²) in [6.07, 6.45) is 3.36. The molecule has 1 fully saturated rings. The number of fused-ring (bicyclic) bond motifs is 2. The normalized spacial score (nSPS) is 26.6. The monoisotopic (exact) mass is 173 g/mol. The van der Waals surface area contributed by atoms with Gasteiger partial charge < -0.3 is 10.1 Å². The molecule has 0 bridgehead atoms. The van der Waals surface area contributed by atoms with Crippen LogP contribution in [-0.2, 0) is 10.2 Å². The molecule has 1 spiro atoms. The predicted molar refractivity (Wildman–Crippen MR) is 50.8 cm³/mol. The minimum Gasteiger partial charge on any atom is -0.375 e. The fourth-order valence-corrected chi connectivity index (χ4v) is 2.40. The van der Waals surface area contributed by atoms with Crippen molar-refractivity contribution in [1.29, 1.82) is 0 Å². The van der Waals surface area contributed by atoms with E-state index < -0.39 is 0 Å². The number of carbonyl (C=O) groups excluding carboxylic acids is 1. The maximum Gasteiger partial charge on any atom is 0.143 e. The molecule has 0 aromatic heterocycles. The zero-order chi connectivity index (χ0) is 8.89. The van der Waals surface area contributed by atoms with Crippen LogP contribution in [0.2, 0.25) is 0 Å². The molecule has 1 aromatic carbocycles. The lowest BCUT2D eigenvalue weighted by atomic mass is 9.93. The van der Waals surface area contributed by atoms with E-state index in [1.807, 2.05) is 12.1 Å². The summed E-state index contributed by atoms with van der Waals surface area (Å²) in [6.45, 7) is 0. The van der Waals surface area contributed by atoms with E-state index in [9.17, 15) is 4.79 Å². The maximum atomic E-state index is 10.9. The van der Waals surface area contributed by atoms with Crippen molar-refractivity contribution in [3.8, 4) is 0 Å². The van der Waals surface area contributed by atoms with Crippen LogP contribution in [0.4, 0.5) is 5.69 Å². The van der Waals surface area contributed by atoms with Gasteiger partial charge in [-0.15, -0.1) is 0 Å². The van der Waals surface area contributed by atoms with Gasteiger partial charge in [0.25, 0.3) is 0 Å². The molecule has 0 amide bonds. The first-order valence-electron chi connectivity index (χ1n) is 4.68. The van der Waals surface area contributed by atoms with Gasteiger partial charge in [0, 0.05) is 11.1 Å². The van der Waals surface area contributed by atoms with Gasteiger partial charge in [0.2, 0.25) is 0 Å². The number of nitrogens with one attached hydrogen (secondary N) is 1. The summed E-state index contributed by atoms with van der Waals surface area (Å²) < 4.78 is 0. The Hall–Kier alpha value is -1.31. The van der Waals surface area contributed by atoms with Crippen LogP contribution in [0.3, 0.4) is 0 Å². The Balaban J connectivity index is 2.15. The SMILES string of the molecule is O=CC1Nc2ccccc2C12CC2. The number of anilines is 1. The van der Waals surface area contributed by atoms with Crippen molar-refractivity contribution in [3.05, 3.63) is 29.8 Å². The smallest absolute Gasteiger partial charge is 0.143 e. The third-order valence-electron chi connectivity index (χ3n) is 3.29. The van der Waals surface area contributed by atoms with Gasteiger partial charge in [0.05, 0.1) is 6.04 Å². The van der Waals surface area contributed by atoms with Gasteiger partial charge >= 0.3 is 0 Å². The van der Waals surface area contributed by atoms with Crippen LogP contribution >= 0.6 is 0 Å². The van der Waals surface area contributed by atoms with Crippen LogP contribution in [0.1, 0.15) is 18.4 Å². The second-order valence-electron chi connectivity index (χ2n) is 3.96. The second kappa shape index (κ2) is 2.13. The highest BCUT2D eigenvalue weighted by molar-refractivity contribution is 5.77. The molecule has 0 radical (unpaired) electrons. The summed E-state index contributed by atoms with van der Waals surface area (Å²) in [5, 5.41) is 3.27. The largest absolute Gasteiger partial charge is 0.375 e. The molecule has 66 valence electrons. The van der Waals surface area contributed by atoms with E-state index in [2.05, 4.69) is 17.4 Å². The molecule has 1 N–H and O–H groups in total. The Bertz CT molecular complexity index is 368. The first-order valence-corrected chi connectivity index (χ1v) is 4.68. The summed E-state index contributed by atoms with van der Waals surface area (Å²) in [7, 11) is 0. The first-order chi connectivity index (χ1) is 6.37. The summed E-state index contributed by atoms with van der Waals surface area (Å²) >= 11 is 0. The van der Waals surface area contributed by atoms with Gasteiger partial charge in [-0.2, -0.15) is 0 Å². The molecule has 13 heavy (non-hydrogen) atoms. The van der Waals surface area contributed by atoms with Crippen molar-refractivity contribution in [2.24, 2.45) is 0 Å². The molecule has 1 atom stereocenters. The van der Waals surface area contributed by atoms with Gasteiger partial charge in [-0.25, -0.2) is 0 Å². The van der Waals surface area contributed by atoms with Crippen LogP contribution in [0, 0.1) is 0 Å². The predicted octanol–water partition coefficient (Wildman–Crippen LogP) is 1.71. The number of carbonyl (C=O) groups is 1. The summed E-state index contributed by atoms with van der Waals surface area (Å²) in [4.78, 5) is 10.9. The molecule has 3 rings (SSSR count). The van der Waals surface area contributed by atoms with Crippen molar-refractivity contribution >= 4 is 12.0 Å². The molecule has 1 saturated carbocycles. The van der Waals surface area contributed by atoms with Crippen molar-refractivity contribution in [2.75, 3.05) is 5.32 Å². The third-order valence-corrected chi connectivity index (χ3v) is 3.29. The lowest BCUT2D eigenvalue weighted by molar-refractivity contribution is -0.108. The highest BCUT2D eigenvalue weighted by Crippen LogP contribution is 2.57. The van der Waals surface area contributed by atoms with E-state index in [1.54, 1.807) is 0 Å². The minimum absolute atomic E-state index is 0.0184. The number of benzene rings is 1. The molecule has 1 unspecified atom stereocenters. The van der Waals surface area contributed by atoms with Crippen molar-refractivity contribution in [3.63, 3.8) is 0 Å². The summed E-state index contributed by atoms with van der Waals surface area (Å²) in [6, 6.07) is 8.27. The average Bonchev–Trinajstić information content (AvgIpc) is 2.88. The number of aldehydes is 1. The van der Waals surface area contributed by atoms with E-state index in [0.29, 0.717) is 0 Å². The zero-order valence-corrected chi connectivity index (χ0v) is 7.29. The Morgan fingerprint density at radius 1 is 1.38 bits per heavy atom. The lowest BCUT2D eigenvalue weighted by Crippen LogP contribution is -2.27. The zero-order valence-electron chi connectivity index (χ0n) is 7.29. The molecule has 1 aliphatic carbocycles. The number of hydrogen-bond donors (Lipinski definition) is 1. The fraction of sp³-hybridized carbons (Fsp3) is 0.364. The highest BCUT2D eigenvalue weighted by atomic mass is 16.1. The molecular weight excluding hydrogens is 162 g/mol. The number of para-hydroxylation sites is 1. The van der Waals surface area contributed by atoms with Gasteiger partial charge in [0.1, 0.15) is 6.29 Å². The second-order valence-corrected chi connectivity index (χ2v) is 3.96. The number of rotatable bonds is 1. The van der Waals surface area contributed by atoms with Crippen LogP contribution in [-0.4, -0.2) is 12.3 Å². The highest BCUT2D eigenvalue weighted by Gasteiger charge is 2.55. The summed E-state index contributed by atoms with van der Waals surface area (Å²) in [5.41, 5.74) is 2.66. The molecular formula is C11H11NO. The van der Waals surface area contributed by atoms with Gasteiger partial charge in [0.15, 0.2) is 0 Å². The number of hydrogen-bond acceptors (Lipinski definition) is 2. The van der Waals surface area contributed by atoms with Crippen molar-refractivity contribution in [2.45, 2.75) is 24.3 Å². The topological polar surface area (TPSA) is 29.1 Å². The molecule has 1 heterocycles. The molecule has 0 saturated heterocycles. The molecule has 2 heteroatoms. The van der Waals surface area contributed by atoms with Crippen molar-refractivity contribution in [1.82, 2.24) is 0 Å². The van der Waals surface area contributed by atoms with Crippen LogP contribution < -0.4 is 5.32 Å². The van der Waals surface area contributed by atoms with E-state index >= 15 is 0 Å². The van der Waals surface area contributed by atoms with Crippen LogP contribution in [0.5, 0.6) is 0 Å². The van der Waals surface area contributed by atoms with Crippen LogP contribution in [0.25, 0.3) is 0 Å². The average molecular weight is 173 g/mol. The minimum atomic E-state index is 0.0184. The quantitative estimate of drug-likeness (QED) is 0.655. The van der Waals surface area contributed by atoms with Crippen LogP contribution in [0.15, 0.2) is 24.3 Å². The molecule has 1 aliphatic heterocycles. The fourth-order valence-electron chi connectivity index (χ4n) is 2.40. The Morgan fingerprint density at radius 2 is 2.15 bits per heavy atom. The Morgan fingerprint density at radius 3 is 2.85 bits per heavy atom. The molecule has 1 aromatic rings. The summed E-state index contributed by atoms with van der Waals surface area (Å²) in [5.74, 6) is 0. The van der Waals surface area contributed by atoms with E-state index in [1.165, 1.54) is 5.56 Å². The van der Waals surface area contributed by atoms with Gasteiger partial charge in [-0.3, -0.25) is 0 Å². The van der Waals surface area contributed by atoms with E-state index in [-0.39, 0.29) is 11.5 Å². The Labute approximate surface area is 77.0 Å². The first kappa shape index (κ1) is 7.13. The third kappa shape index (κ3) is 0.755.